The minimum Gasteiger partial charge on any atom is -0.457 e. The Balaban J connectivity index is 2.91. The molecule has 1 aromatic carbocycles. The van der Waals surface area contributed by atoms with Crippen LogP contribution in [0.4, 0.5) is 0 Å². The molecule has 18 heavy (non-hydrogen) atoms. The molecule has 0 aliphatic carbocycles. The minimum atomic E-state index is -0.193. The first kappa shape index (κ1) is 14.7. The van der Waals surface area contributed by atoms with Crippen molar-refractivity contribution in [3.8, 4) is 0 Å². The summed E-state index contributed by atoms with van der Waals surface area (Å²) >= 11 is 0. The number of ether oxygens (including phenoxy) is 1. The zero-order valence-electron chi connectivity index (χ0n) is 11.7. The molecule has 2 nitrogen and oxygen atoms in total. The van der Waals surface area contributed by atoms with Crippen LogP contribution in [0, 0.1) is 5.92 Å². The molecule has 0 aliphatic heterocycles. The Kier molecular flexibility index (Phi) is 6.48. The van der Waals surface area contributed by atoms with Crippen LogP contribution < -0.4 is 0 Å². The maximum absolute atomic E-state index is 11.3. The summed E-state index contributed by atoms with van der Waals surface area (Å²) in [4.78, 5) is 11.3. The Morgan fingerprint density at radius 3 is 2.11 bits per heavy atom. The molecule has 0 fully saturated rings. The van der Waals surface area contributed by atoms with Gasteiger partial charge in [-0.25, -0.2) is 0 Å². The van der Waals surface area contributed by atoms with Crippen molar-refractivity contribution in [1.29, 1.82) is 0 Å². The first-order chi connectivity index (χ1) is 8.69. The van der Waals surface area contributed by atoms with Crippen LogP contribution in [0.2, 0.25) is 0 Å². The van der Waals surface area contributed by atoms with Crippen molar-refractivity contribution in [2.45, 2.75) is 52.6 Å². The predicted octanol–water partition coefficient (Wildman–Crippen LogP) is 4.51. The van der Waals surface area contributed by atoms with Crippen LogP contribution in [-0.2, 0) is 9.53 Å². The lowest BCUT2D eigenvalue weighted by molar-refractivity contribution is -0.150. The smallest absolute Gasteiger partial charge is 0.303 e. The zero-order chi connectivity index (χ0) is 13.4. The molecule has 0 aliphatic rings. The van der Waals surface area contributed by atoms with Gasteiger partial charge in [-0.2, -0.15) is 0 Å². The van der Waals surface area contributed by atoms with Gasteiger partial charge in [0.2, 0.25) is 0 Å². The first-order valence-corrected chi connectivity index (χ1v) is 6.91. The van der Waals surface area contributed by atoms with Crippen LogP contribution in [-0.4, -0.2) is 5.97 Å². The van der Waals surface area contributed by atoms with Crippen molar-refractivity contribution in [2.24, 2.45) is 5.92 Å². The van der Waals surface area contributed by atoms with Crippen molar-refractivity contribution in [2.75, 3.05) is 0 Å². The molecule has 0 spiro atoms. The number of hydrogen-bond acceptors (Lipinski definition) is 2. The van der Waals surface area contributed by atoms with Crippen LogP contribution in [0.3, 0.4) is 0 Å². The second kappa shape index (κ2) is 7.91. The fourth-order valence-electron chi connectivity index (χ4n) is 2.45. The van der Waals surface area contributed by atoms with Gasteiger partial charge >= 0.3 is 5.97 Å². The van der Waals surface area contributed by atoms with Crippen molar-refractivity contribution in [3.05, 3.63) is 35.9 Å². The highest BCUT2D eigenvalue weighted by Crippen LogP contribution is 2.32. The maximum atomic E-state index is 11.3. The summed E-state index contributed by atoms with van der Waals surface area (Å²) in [5.41, 5.74) is 1.11. The largest absolute Gasteiger partial charge is 0.457 e. The van der Waals surface area contributed by atoms with Crippen LogP contribution in [0.15, 0.2) is 30.3 Å². The van der Waals surface area contributed by atoms with E-state index in [0.29, 0.717) is 5.92 Å². The van der Waals surface area contributed by atoms with Gasteiger partial charge in [0.05, 0.1) is 0 Å². The molecule has 0 saturated heterocycles. The van der Waals surface area contributed by atoms with Crippen molar-refractivity contribution in [3.63, 3.8) is 0 Å². The van der Waals surface area contributed by atoms with Crippen molar-refractivity contribution in [1.82, 2.24) is 0 Å². The van der Waals surface area contributed by atoms with E-state index in [2.05, 4.69) is 13.8 Å². The third-order valence-electron chi connectivity index (χ3n) is 3.17. The summed E-state index contributed by atoms with van der Waals surface area (Å²) in [5, 5.41) is 0. The van der Waals surface area contributed by atoms with Gasteiger partial charge in [-0.1, -0.05) is 57.0 Å². The highest BCUT2D eigenvalue weighted by molar-refractivity contribution is 5.66. The van der Waals surface area contributed by atoms with Gasteiger partial charge in [-0.3, -0.25) is 4.79 Å². The number of rotatable bonds is 7. The third kappa shape index (κ3) is 4.52. The Hall–Kier alpha value is -1.31. The molecule has 1 aromatic rings. The first-order valence-electron chi connectivity index (χ1n) is 6.91. The Morgan fingerprint density at radius 2 is 1.67 bits per heavy atom. The second-order valence-corrected chi connectivity index (χ2v) is 4.78. The highest BCUT2D eigenvalue weighted by atomic mass is 16.5. The molecule has 0 radical (unpaired) electrons. The van der Waals surface area contributed by atoms with Gasteiger partial charge in [0, 0.05) is 12.8 Å². The monoisotopic (exact) mass is 248 g/mol. The fourth-order valence-corrected chi connectivity index (χ4v) is 2.45. The van der Waals surface area contributed by atoms with Crippen LogP contribution >= 0.6 is 0 Å². The normalized spacial score (nSPS) is 12.4. The Labute approximate surface area is 110 Å². The molecule has 1 atom stereocenters. The summed E-state index contributed by atoms with van der Waals surface area (Å²) in [6.07, 6.45) is 4.34. The summed E-state index contributed by atoms with van der Waals surface area (Å²) in [5.74, 6) is 0.229. The van der Waals surface area contributed by atoms with Gasteiger partial charge in [-0.15, -0.1) is 0 Å². The van der Waals surface area contributed by atoms with Crippen LogP contribution in [0.1, 0.15) is 58.1 Å². The molecule has 2 heteroatoms. The van der Waals surface area contributed by atoms with Gasteiger partial charge in [0.15, 0.2) is 0 Å². The molecule has 0 bridgehead atoms. The molecular formula is C16H24O2. The van der Waals surface area contributed by atoms with Gasteiger partial charge in [-0.05, 0) is 18.4 Å². The van der Waals surface area contributed by atoms with E-state index in [0.717, 1.165) is 31.2 Å². The molecular weight excluding hydrogens is 224 g/mol. The van der Waals surface area contributed by atoms with Gasteiger partial charge in [0.25, 0.3) is 0 Å². The van der Waals surface area contributed by atoms with E-state index in [9.17, 15) is 4.79 Å². The second-order valence-electron chi connectivity index (χ2n) is 4.78. The maximum Gasteiger partial charge on any atom is 0.303 e. The number of carbonyl (C=O) groups is 1. The predicted molar refractivity (Wildman–Crippen MR) is 74.3 cm³/mol. The zero-order valence-corrected chi connectivity index (χ0v) is 11.7. The van der Waals surface area contributed by atoms with E-state index in [1.807, 2.05) is 30.3 Å². The lowest BCUT2D eigenvalue weighted by Gasteiger charge is -2.26. The third-order valence-corrected chi connectivity index (χ3v) is 3.17. The molecule has 0 aromatic heterocycles. The molecule has 0 saturated carbocycles. The van der Waals surface area contributed by atoms with E-state index < -0.39 is 0 Å². The minimum absolute atomic E-state index is 0.0939. The van der Waals surface area contributed by atoms with Gasteiger partial charge in [0.1, 0.15) is 6.10 Å². The summed E-state index contributed by atoms with van der Waals surface area (Å²) in [6.45, 7) is 5.85. The SMILES string of the molecule is CCCC(CCC)C(OC(C)=O)c1ccccc1. The van der Waals surface area contributed by atoms with Crippen LogP contribution in [0.5, 0.6) is 0 Å². The highest BCUT2D eigenvalue weighted by Gasteiger charge is 2.24. The molecule has 1 rings (SSSR count). The summed E-state index contributed by atoms with van der Waals surface area (Å²) in [6, 6.07) is 10.1. The lowest BCUT2D eigenvalue weighted by atomic mass is 9.88. The van der Waals surface area contributed by atoms with Gasteiger partial charge < -0.3 is 4.74 Å². The Bertz CT molecular complexity index is 339. The molecule has 0 N–H and O–H groups in total. The van der Waals surface area contributed by atoms with E-state index in [4.69, 9.17) is 4.74 Å². The topological polar surface area (TPSA) is 26.3 Å². The van der Waals surface area contributed by atoms with Crippen LogP contribution in [0.25, 0.3) is 0 Å². The molecule has 0 heterocycles. The standard InChI is InChI=1S/C16H24O2/c1-4-9-14(10-5-2)16(18-13(3)17)15-11-7-6-8-12-15/h6-8,11-12,14,16H,4-5,9-10H2,1-3H3. The number of hydrogen-bond donors (Lipinski definition) is 0. The molecule has 100 valence electrons. The number of carbonyl (C=O) groups excluding carboxylic acids is 1. The average Bonchev–Trinajstić information content (AvgIpc) is 2.37. The van der Waals surface area contributed by atoms with E-state index >= 15 is 0 Å². The Morgan fingerprint density at radius 1 is 1.11 bits per heavy atom. The quantitative estimate of drug-likeness (QED) is 0.664. The number of benzene rings is 1. The van der Waals surface area contributed by atoms with Crippen molar-refractivity contribution >= 4 is 5.97 Å². The summed E-state index contributed by atoms with van der Waals surface area (Å²) in [7, 11) is 0. The fraction of sp³-hybridized carbons (Fsp3) is 0.562. The molecule has 0 amide bonds. The summed E-state index contributed by atoms with van der Waals surface area (Å²) < 4.78 is 5.56. The average molecular weight is 248 g/mol. The number of esters is 1. The van der Waals surface area contributed by atoms with E-state index in [1.165, 1.54) is 6.92 Å². The lowest BCUT2D eigenvalue weighted by Crippen LogP contribution is -2.18. The van der Waals surface area contributed by atoms with Crippen molar-refractivity contribution < 1.29 is 9.53 Å². The van der Waals surface area contributed by atoms with E-state index in [-0.39, 0.29) is 12.1 Å². The molecule has 1 unspecified atom stereocenters. The van der Waals surface area contributed by atoms with E-state index in [1.54, 1.807) is 0 Å².